The van der Waals surface area contributed by atoms with Gasteiger partial charge in [0.1, 0.15) is 5.82 Å². The molecule has 3 heteroatoms. The molecule has 100 valence electrons. The average molecular weight is 247 g/mol. The highest BCUT2D eigenvalue weighted by Gasteiger charge is 2.24. The molecule has 1 saturated heterocycles. The van der Waals surface area contributed by atoms with E-state index in [0.29, 0.717) is 11.9 Å². The highest BCUT2D eigenvalue weighted by Crippen LogP contribution is 2.32. The van der Waals surface area contributed by atoms with Gasteiger partial charge in [0.15, 0.2) is 0 Å². The molecule has 1 atom stereocenters. The van der Waals surface area contributed by atoms with Gasteiger partial charge in [0.2, 0.25) is 0 Å². The third-order valence-corrected chi connectivity index (χ3v) is 3.94. The Labute approximate surface area is 110 Å². The number of likely N-dealkylation sites (tertiary alicyclic amines) is 1. The largest absolute Gasteiger partial charge is 0.384 e. The van der Waals surface area contributed by atoms with E-state index < -0.39 is 0 Å². The second-order valence-corrected chi connectivity index (χ2v) is 5.37. The van der Waals surface area contributed by atoms with E-state index >= 15 is 0 Å². The lowest BCUT2D eigenvalue weighted by atomic mass is 9.93. The Morgan fingerprint density at radius 2 is 2.28 bits per heavy atom. The van der Waals surface area contributed by atoms with Crippen molar-refractivity contribution in [2.75, 3.05) is 18.8 Å². The van der Waals surface area contributed by atoms with Crippen LogP contribution in [-0.2, 0) is 0 Å². The summed E-state index contributed by atoms with van der Waals surface area (Å²) in [6.07, 6.45) is 8.47. The van der Waals surface area contributed by atoms with Crippen LogP contribution in [0, 0.1) is 6.92 Å². The van der Waals surface area contributed by atoms with Gasteiger partial charge in [-0.15, -0.1) is 0 Å². The van der Waals surface area contributed by atoms with E-state index in [0.717, 1.165) is 0 Å². The maximum Gasteiger partial charge on any atom is 0.123 e. The lowest BCUT2D eigenvalue weighted by Crippen LogP contribution is -2.34. The first-order chi connectivity index (χ1) is 8.72. The van der Waals surface area contributed by atoms with Crippen LogP contribution in [0.15, 0.2) is 12.3 Å². The van der Waals surface area contributed by atoms with Crippen LogP contribution in [-0.4, -0.2) is 23.0 Å². The van der Waals surface area contributed by atoms with Crippen molar-refractivity contribution >= 4 is 5.82 Å². The lowest BCUT2D eigenvalue weighted by molar-refractivity contribution is 0.146. The summed E-state index contributed by atoms with van der Waals surface area (Å²) in [7, 11) is 0. The molecule has 0 amide bonds. The van der Waals surface area contributed by atoms with E-state index in [1.165, 1.54) is 56.3 Å². The fourth-order valence-electron chi connectivity index (χ4n) is 2.91. The fourth-order valence-corrected chi connectivity index (χ4v) is 2.91. The van der Waals surface area contributed by atoms with E-state index in [4.69, 9.17) is 5.73 Å². The minimum atomic E-state index is 0.554. The molecule has 0 aromatic carbocycles. The highest BCUT2D eigenvalue weighted by molar-refractivity contribution is 5.37. The molecule has 1 unspecified atom stereocenters. The maximum absolute atomic E-state index is 5.75. The highest BCUT2D eigenvalue weighted by atomic mass is 15.2. The zero-order valence-corrected chi connectivity index (χ0v) is 11.7. The Balaban J connectivity index is 2.16. The fraction of sp³-hybridized carbons (Fsp3) is 0.667. The summed E-state index contributed by atoms with van der Waals surface area (Å²) in [5.41, 5.74) is 8.41. The third-order valence-electron chi connectivity index (χ3n) is 3.94. The molecule has 1 aromatic heterocycles. The molecular formula is C15H25N3. The first-order valence-electron chi connectivity index (χ1n) is 7.18. The number of nitrogens with zero attached hydrogens (tertiary/aromatic N) is 2. The molecule has 0 aliphatic carbocycles. The van der Waals surface area contributed by atoms with Crippen LogP contribution in [0.3, 0.4) is 0 Å². The molecule has 2 N–H and O–H groups in total. The van der Waals surface area contributed by atoms with Crippen LogP contribution in [0.5, 0.6) is 0 Å². The number of aromatic nitrogens is 1. The van der Waals surface area contributed by atoms with Gasteiger partial charge >= 0.3 is 0 Å². The Kier molecular flexibility index (Phi) is 4.59. The monoisotopic (exact) mass is 247 g/mol. The third kappa shape index (κ3) is 3.02. The number of hydrogen-bond acceptors (Lipinski definition) is 3. The summed E-state index contributed by atoms with van der Waals surface area (Å²) < 4.78 is 0. The van der Waals surface area contributed by atoms with E-state index in [2.05, 4.69) is 23.7 Å². The predicted molar refractivity (Wildman–Crippen MR) is 76.5 cm³/mol. The number of nitrogen functional groups attached to an aromatic ring is 1. The molecule has 0 spiro atoms. The van der Waals surface area contributed by atoms with Gasteiger partial charge < -0.3 is 5.73 Å². The molecule has 0 radical (unpaired) electrons. The Morgan fingerprint density at radius 1 is 1.44 bits per heavy atom. The second kappa shape index (κ2) is 6.19. The second-order valence-electron chi connectivity index (χ2n) is 5.37. The molecule has 0 bridgehead atoms. The Hall–Kier alpha value is -1.09. The predicted octanol–water partition coefficient (Wildman–Crippen LogP) is 3.30. The van der Waals surface area contributed by atoms with Crippen molar-refractivity contribution in [2.24, 2.45) is 0 Å². The lowest BCUT2D eigenvalue weighted by Gasteiger charge is -2.36. The molecule has 1 aliphatic heterocycles. The number of anilines is 1. The van der Waals surface area contributed by atoms with E-state index in [1.54, 1.807) is 0 Å². The van der Waals surface area contributed by atoms with Gasteiger partial charge in [-0.3, -0.25) is 4.90 Å². The Morgan fingerprint density at radius 3 is 3.00 bits per heavy atom. The van der Waals surface area contributed by atoms with Crippen molar-refractivity contribution in [1.29, 1.82) is 0 Å². The SMILES string of the molecule is CCCCN1CCCCC1c1cnc(N)cc1C. The van der Waals surface area contributed by atoms with Gasteiger partial charge in [-0.05, 0) is 56.5 Å². The van der Waals surface area contributed by atoms with Gasteiger partial charge in [-0.2, -0.15) is 0 Å². The first kappa shape index (κ1) is 13.3. The van der Waals surface area contributed by atoms with E-state index in [1.807, 2.05) is 12.3 Å². The first-order valence-corrected chi connectivity index (χ1v) is 7.18. The van der Waals surface area contributed by atoms with Crippen molar-refractivity contribution in [3.63, 3.8) is 0 Å². The number of nitrogens with two attached hydrogens (primary N) is 1. The summed E-state index contributed by atoms with van der Waals surface area (Å²) in [4.78, 5) is 6.91. The van der Waals surface area contributed by atoms with Crippen molar-refractivity contribution in [3.05, 3.63) is 23.4 Å². The van der Waals surface area contributed by atoms with Crippen LogP contribution >= 0.6 is 0 Å². The molecule has 1 aliphatic rings. The maximum atomic E-state index is 5.75. The molecule has 1 fully saturated rings. The average Bonchev–Trinajstić information content (AvgIpc) is 2.37. The molecule has 3 nitrogen and oxygen atoms in total. The standard InChI is InChI=1S/C15H25N3/c1-3-4-8-18-9-6-5-7-14(18)13-11-17-15(16)10-12(13)2/h10-11,14H,3-9H2,1-2H3,(H2,16,17). The number of pyridine rings is 1. The number of aryl methyl sites for hydroxylation is 1. The molecule has 1 aromatic rings. The van der Waals surface area contributed by atoms with Crippen LogP contribution in [0.2, 0.25) is 0 Å². The summed E-state index contributed by atoms with van der Waals surface area (Å²) in [5, 5.41) is 0. The summed E-state index contributed by atoms with van der Waals surface area (Å²) in [6.45, 7) is 6.86. The molecule has 2 heterocycles. The minimum Gasteiger partial charge on any atom is -0.384 e. The summed E-state index contributed by atoms with van der Waals surface area (Å²) in [5.74, 6) is 0.632. The normalized spacial score (nSPS) is 21.1. The molecule has 0 saturated carbocycles. The zero-order chi connectivity index (χ0) is 13.0. The van der Waals surface area contributed by atoms with Crippen LogP contribution < -0.4 is 5.73 Å². The summed E-state index contributed by atoms with van der Waals surface area (Å²) >= 11 is 0. The number of rotatable bonds is 4. The minimum absolute atomic E-state index is 0.554. The van der Waals surface area contributed by atoms with Gasteiger partial charge in [-0.25, -0.2) is 4.98 Å². The van der Waals surface area contributed by atoms with Crippen molar-refractivity contribution in [1.82, 2.24) is 9.88 Å². The molecule has 18 heavy (non-hydrogen) atoms. The molecular weight excluding hydrogens is 222 g/mol. The van der Waals surface area contributed by atoms with Crippen LogP contribution in [0.25, 0.3) is 0 Å². The zero-order valence-electron chi connectivity index (χ0n) is 11.7. The van der Waals surface area contributed by atoms with Crippen molar-refractivity contribution in [2.45, 2.75) is 52.0 Å². The van der Waals surface area contributed by atoms with Crippen LogP contribution in [0.1, 0.15) is 56.2 Å². The quantitative estimate of drug-likeness (QED) is 0.887. The smallest absolute Gasteiger partial charge is 0.123 e. The van der Waals surface area contributed by atoms with Crippen LogP contribution in [0.4, 0.5) is 5.82 Å². The van der Waals surface area contributed by atoms with Gasteiger partial charge in [0.25, 0.3) is 0 Å². The van der Waals surface area contributed by atoms with Crippen molar-refractivity contribution in [3.8, 4) is 0 Å². The van der Waals surface area contributed by atoms with Gasteiger partial charge in [0, 0.05) is 12.2 Å². The Bertz CT molecular complexity index is 389. The number of unbranched alkanes of at least 4 members (excludes halogenated alkanes) is 1. The molecule has 2 rings (SSSR count). The topological polar surface area (TPSA) is 42.2 Å². The van der Waals surface area contributed by atoms with E-state index in [-0.39, 0.29) is 0 Å². The summed E-state index contributed by atoms with van der Waals surface area (Å²) in [6, 6.07) is 2.56. The van der Waals surface area contributed by atoms with Gasteiger partial charge in [0.05, 0.1) is 0 Å². The van der Waals surface area contributed by atoms with Crippen molar-refractivity contribution < 1.29 is 0 Å². The van der Waals surface area contributed by atoms with Gasteiger partial charge in [-0.1, -0.05) is 19.8 Å². The number of hydrogen-bond donors (Lipinski definition) is 1. The van der Waals surface area contributed by atoms with E-state index in [9.17, 15) is 0 Å². The number of piperidine rings is 1.